The van der Waals surface area contributed by atoms with Gasteiger partial charge in [0.05, 0.1) is 13.2 Å². The van der Waals surface area contributed by atoms with E-state index < -0.39 is 0 Å². The average Bonchev–Trinajstić information content (AvgIpc) is 3.16. The summed E-state index contributed by atoms with van der Waals surface area (Å²) in [6.45, 7) is 6.00. The Morgan fingerprint density at radius 2 is 1.85 bits per heavy atom. The first kappa shape index (κ1) is 17.5. The van der Waals surface area contributed by atoms with E-state index in [4.69, 9.17) is 13.9 Å². The van der Waals surface area contributed by atoms with E-state index in [9.17, 15) is 9.90 Å². The molecule has 140 valence electrons. The van der Waals surface area contributed by atoms with E-state index in [2.05, 4.69) is 4.90 Å². The number of piperidine rings is 1. The molecule has 6 heteroatoms. The number of likely N-dealkylation sites (tertiary alicyclic amines) is 1. The predicted molar refractivity (Wildman–Crippen MR) is 97.2 cm³/mol. The fourth-order valence-corrected chi connectivity index (χ4v) is 3.99. The van der Waals surface area contributed by atoms with Gasteiger partial charge in [-0.25, -0.2) is 4.79 Å². The zero-order valence-electron chi connectivity index (χ0n) is 15.1. The van der Waals surface area contributed by atoms with Crippen molar-refractivity contribution in [2.45, 2.75) is 39.0 Å². The van der Waals surface area contributed by atoms with Gasteiger partial charge in [0.25, 0.3) is 0 Å². The van der Waals surface area contributed by atoms with Gasteiger partial charge in [-0.3, -0.25) is 4.90 Å². The van der Waals surface area contributed by atoms with Crippen LogP contribution in [0.1, 0.15) is 30.9 Å². The molecular weight excluding hydrogens is 334 g/mol. The van der Waals surface area contributed by atoms with E-state index in [1.165, 1.54) is 0 Å². The normalized spacial score (nSPS) is 20.2. The van der Waals surface area contributed by atoms with E-state index in [0.29, 0.717) is 31.3 Å². The molecule has 2 aliphatic heterocycles. The third kappa shape index (κ3) is 3.49. The van der Waals surface area contributed by atoms with Crippen LogP contribution in [-0.4, -0.2) is 42.6 Å². The molecule has 26 heavy (non-hydrogen) atoms. The Kier molecular flexibility index (Phi) is 4.98. The molecular formula is C20H25NO5. The summed E-state index contributed by atoms with van der Waals surface area (Å²) >= 11 is 0. The molecule has 0 spiro atoms. The molecule has 1 aromatic carbocycles. The van der Waals surface area contributed by atoms with Crippen molar-refractivity contribution in [2.24, 2.45) is 5.92 Å². The molecule has 4 rings (SSSR count). The maximum atomic E-state index is 11.9. The molecule has 6 nitrogen and oxygen atoms in total. The van der Waals surface area contributed by atoms with Gasteiger partial charge in [-0.2, -0.15) is 0 Å². The van der Waals surface area contributed by atoms with Gasteiger partial charge in [0.15, 0.2) is 6.29 Å². The van der Waals surface area contributed by atoms with Gasteiger partial charge >= 0.3 is 5.63 Å². The van der Waals surface area contributed by atoms with Crippen LogP contribution in [0.25, 0.3) is 11.0 Å². The van der Waals surface area contributed by atoms with Gasteiger partial charge in [-0.1, -0.05) is 6.92 Å². The minimum atomic E-state index is -0.376. The topological polar surface area (TPSA) is 72.1 Å². The summed E-state index contributed by atoms with van der Waals surface area (Å²) in [4.78, 5) is 14.3. The van der Waals surface area contributed by atoms with E-state index >= 15 is 0 Å². The zero-order valence-corrected chi connectivity index (χ0v) is 15.1. The molecule has 2 aliphatic rings. The smallest absolute Gasteiger partial charge is 0.336 e. The number of fused-ring (bicyclic) bond motifs is 1. The monoisotopic (exact) mass is 359 g/mol. The lowest BCUT2D eigenvalue weighted by Gasteiger charge is -2.33. The van der Waals surface area contributed by atoms with Gasteiger partial charge in [0, 0.05) is 30.0 Å². The van der Waals surface area contributed by atoms with Gasteiger partial charge < -0.3 is 19.0 Å². The van der Waals surface area contributed by atoms with E-state index in [-0.39, 0.29) is 17.7 Å². The fraction of sp³-hybridized carbons (Fsp3) is 0.550. The minimum Gasteiger partial charge on any atom is -0.508 e. The second-order valence-electron chi connectivity index (χ2n) is 7.14. The van der Waals surface area contributed by atoms with Crippen LogP contribution in [0, 0.1) is 5.92 Å². The molecule has 0 aliphatic carbocycles. The number of benzene rings is 1. The second-order valence-corrected chi connectivity index (χ2v) is 7.14. The van der Waals surface area contributed by atoms with Crippen molar-refractivity contribution in [3.05, 3.63) is 39.7 Å². The standard InChI is InChI=1S/C20H25NO5/c1-2-13-9-16-15(10-19(23)26-18(16)11-17(13)22)12-21-5-3-14(4-6-21)20-24-7-8-25-20/h9-11,14,20,22H,2-8,12H2,1H3. The Morgan fingerprint density at radius 3 is 2.54 bits per heavy atom. The number of nitrogens with zero attached hydrogens (tertiary/aromatic N) is 1. The number of hydrogen-bond donors (Lipinski definition) is 1. The SMILES string of the molecule is CCc1cc2c(CN3CCC(C4OCCO4)CC3)cc(=O)oc2cc1O. The number of phenols is 1. The number of ether oxygens (including phenoxy) is 2. The van der Waals surface area contributed by atoms with Crippen molar-refractivity contribution in [3.63, 3.8) is 0 Å². The van der Waals surface area contributed by atoms with E-state index in [1.54, 1.807) is 12.1 Å². The van der Waals surface area contributed by atoms with Crippen LogP contribution >= 0.6 is 0 Å². The van der Waals surface area contributed by atoms with Crippen molar-refractivity contribution < 1.29 is 19.0 Å². The summed E-state index contributed by atoms with van der Waals surface area (Å²) in [5.41, 5.74) is 1.89. The Labute approximate surface area is 152 Å². The average molecular weight is 359 g/mol. The Hall–Kier alpha value is -1.89. The van der Waals surface area contributed by atoms with Gasteiger partial charge in [-0.15, -0.1) is 0 Å². The third-order valence-corrected chi connectivity index (χ3v) is 5.47. The highest BCUT2D eigenvalue weighted by molar-refractivity contribution is 5.82. The van der Waals surface area contributed by atoms with E-state index in [1.807, 2.05) is 13.0 Å². The summed E-state index contributed by atoms with van der Waals surface area (Å²) in [7, 11) is 0. The largest absolute Gasteiger partial charge is 0.508 e. The number of aromatic hydroxyl groups is 1. The van der Waals surface area contributed by atoms with Crippen LogP contribution < -0.4 is 5.63 Å². The van der Waals surface area contributed by atoms with Crippen molar-refractivity contribution in [3.8, 4) is 5.75 Å². The Morgan fingerprint density at radius 1 is 1.12 bits per heavy atom. The van der Waals surface area contributed by atoms with Crippen LogP contribution in [-0.2, 0) is 22.4 Å². The number of rotatable bonds is 4. The van der Waals surface area contributed by atoms with Gasteiger partial charge in [0.1, 0.15) is 11.3 Å². The highest BCUT2D eigenvalue weighted by Crippen LogP contribution is 2.30. The molecule has 0 radical (unpaired) electrons. The summed E-state index contributed by atoms with van der Waals surface area (Å²) in [6.07, 6.45) is 2.75. The molecule has 2 saturated heterocycles. The lowest BCUT2D eigenvalue weighted by atomic mass is 9.95. The molecule has 1 N–H and O–H groups in total. The summed E-state index contributed by atoms with van der Waals surface area (Å²) < 4.78 is 16.6. The molecule has 0 atom stereocenters. The van der Waals surface area contributed by atoms with E-state index in [0.717, 1.165) is 48.9 Å². The molecule has 3 heterocycles. The minimum absolute atomic E-state index is 0.0446. The lowest BCUT2D eigenvalue weighted by Crippen LogP contribution is -2.37. The highest BCUT2D eigenvalue weighted by atomic mass is 16.7. The number of phenolic OH excluding ortho intramolecular Hbond substituents is 1. The summed E-state index contributed by atoms with van der Waals surface area (Å²) in [6, 6.07) is 5.07. The maximum absolute atomic E-state index is 11.9. The number of aryl methyl sites for hydroxylation is 1. The first-order valence-electron chi connectivity index (χ1n) is 9.38. The van der Waals surface area contributed by atoms with Gasteiger partial charge in [0.2, 0.25) is 0 Å². The number of hydrogen-bond acceptors (Lipinski definition) is 6. The van der Waals surface area contributed by atoms with Crippen LogP contribution in [0.15, 0.2) is 27.4 Å². The summed E-state index contributed by atoms with van der Waals surface area (Å²) in [5.74, 6) is 0.632. The predicted octanol–water partition coefficient (Wildman–Crippen LogP) is 2.65. The van der Waals surface area contributed by atoms with Crippen molar-refractivity contribution in [1.29, 1.82) is 0 Å². The molecule has 0 bridgehead atoms. The van der Waals surface area contributed by atoms with Crippen LogP contribution in [0.4, 0.5) is 0 Å². The first-order chi connectivity index (χ1) is 12.6. The zero-order chi connectivity index (χ0) is 18.1. The molecule has 0 unspecified atom stereocenters. The molecule has 0 saturated carbocycles. The summed E-state index contributed by atoms with van der Waals surface area (Å²) in [5, 5.41) is 11.0. The molecule has 2 aromatic rings. The maximum Gasteiger partial charge on any atom is 0.336 e. The lowest BCUT2D eigenvalue weighted by molar-refractivity contribution is -0.0977. The fourth-order valence-electron chi connectivity index (χ4n) is 3.99. The molecule has 1 aromatic heterocycles. The van der Waals surface area contributed by atoms with Crippen LogP contribution in [0.5, 0.6) is 5.75 Å². The van der Waals surface area contributed by atoms with Crippen LogP contribution in [0.3, 0.4) is 0 Å². The second kappa shape index (κ2) is 7.39. The van der Waals surface area contributed by atoms with Crippen molar-refractivity contribution in [2.75, 3.05) is 26.3 Å². The highest BCUT2D eigenvalue weighted by Gasteiger charge is 2.30. The first-order valence-corrected chi connectivity index (χ1v) is 9.38. The van der Waals surface area contributed by atoms with Crippen molar-refractivity contribution in [1.82, 2.24) is 4.90 Å². The van der Waals surface area contributed by atoms with Gasteiger partial charge in [-0.05, 0) is 49.5 Å². The molecule has 2 fully saturated rings. The molecule has 0 amide bonds. The van der Waals surface area contributed by atoms with Crippen LogP contribution in [0.2, 0.25) is 0 Å². The third-order valence-electron chi connectivity index (χ3n) is 5.47. The Bertz CT molecular complexity index is 832. The quantitative estimate of drug-likeness (QED) is 0.846. The van der Waals surface area contributed by atoms with Crippen molar-refractivity contribution >= 4 is 11.0 Å². The Balaban J connectivity index is 1.52.